The largest absolute Gasteiger partial charge is 0.396 e. The van der Waals surface area contributed by atoms with Crippen LogP contribution in [-0.2, 0) is 14.3 Å². The summed E-state index contributed by atoms with van der Waals surface area (Å²) in [5.41, 5.74) is -2.16. The van der Waals surface area contributed by atoms with Crippen LogP contribution in [0.15, 0.2) is 0 Å². The Hall–Kier alpha value is -0.300. The van der Waals surface area contributed by atoms with Crippen LogP contribution in [0.4, 0.5) is 13.2 Å². The van der Waals surface area contributed by atoms with Gasteiger partial charge in [0.1, 0.15) is 0 Å². The maximum absolute atomic E-state index is 12.1. The van der Waals surface area contributed by atoms with Crippen LogP contribution in [0, 0.1) is 5.41 Å². The summed E-state index contributed by atoms with van der Waals surface area (Å²) in [6.07, 6.45) is -3.77. The van der Waals surface area contributed by atoms with Crippen molar-refractivity contribution in [1.82, 2.24) is 0 Å². The number of halogens is 3. The first-order valence-corrected chi connectivity index (χ1v) is 5.18. The number of rotatable bonds is 3. The summed E-state index contributed by atoms with van der Waals surface area (Å²) in [6, 6.07) is 0. The summed E-state index contributed by atoms with van der Waals surface area (Å²) in [5, 5.41) is 0. The summed E-state index contributed by atoms with van der Waals surface area (Å²) in [6.45, 7) is 0.853. The van der Waals surface area contributed by atoms with Crippen molar-refractivity contribution < 1.29 is 25.8 Å². The van der Waals surface area contributed by atoms with E-state index in [1.807, 2.05) is 0 Å². The Morgan fingerprint density at radius 1 is 1.23 bits per heavy atom. The summed E-state index contributed by atoms with van der Waals surface area (Å²) in [5.74, 6) is 0. The van der Waals surface area contributed by atoms with Crippen LogP contribution in [0.5, 0.6) is 0 Å². The van der Waals surface area contributed by atoms with Crippen LogP contribution >= 0.6 is 0 Å². The van der Waals surface area contributed by atoms with Gasteiger partial charge in [-0.3, -0.25) is 4.18 Å². The lowest BCUT2D eigenvalue weighted by Gasteiger charge is -2.26. The monoisotopic (exact) mass is 220 g/mol. The first-order valence-electron chi connectivity index (χ1n) is 3.37. The van der Waals surface area contributed by atoms with Gasteiger partial charge in [-0.2, -0.15) is 21.6 Å². The maximum Gasteiger partial charge on any atom is 0.396 e. The number of hydrogen-bond acceptors (Lipinski definition) is 3. The van der Waals surface area contributed by atoms with Crippen molar-refractivity contribution in [2.24, 2.45) is 5.41 Å². The molecule has 3 nitrogen and oxygen atoms in total. The third kappa shape index (κ3) is 4.47. The molecule has 0 heterocycles. The molecule has 0 rings (SSSR count). The van der Waals surface area contributed by atoms with Crippen LogP contribution in [0.3, 0.4) is 0 Å². The smallest absolute Gasteiger partial charge is 0.269 e. The van der Waals surface area contributed by atoms with E-state index in [2.05, 4.69) is 4.18 Å². The van der Waals surface area contributed by atoms with E-state index in [4.69, 9.17) is 0 Å². The van der Waals surface area contributed by atoms with Gasteiger partial charge in [0.15, 0.2) is 0 Å². The minimum absolute atomic E-state index is 0.708. The third-order valence-electron chi connectivity index (χ3n) is 1.40. The van der Waals surface area contributed by atoms with Gasteiger partial charge < -0.3 is 0 Å². The lowest BCUT2D eigenvalue weighted by Crippen LogP contribution is -2.37. The fourth-order valence-electron chi connectivity index (χ4n) is 0.336. The van der Waals surface area contributed by atoms with Crippen LogP contribution in [-0.4, -0.2) is 27.5 Å². The SMILES string of the molecule is CC(C)(COS(C)(=O)=O)C(F)(F)F. The highest BCUT2D eigenvalue weighted by Gasteiger charge is 2.48. The Bertz CT molecular complexity index is 265. The van der Waals surface area contributed by atoms with E-state index < -0.39 is 28.3 Å². The second-order valence-corrected chi connectivity index (χ2v) is 4.99. The van der Waals surface area contributed by atoms with Gasteiger partial charge in [-0.05, 0) is 13.8 Å². The lowest BCUT2D eigenvalue weighted by atomic mass is 9.94. The van der Waals surface area contributed by atoms with Gasteiger partial charge >= 0.3 is 6.18 Å². The Kier molecular flexibility index (Phi) is 3.37. The Morgan fingerprint density at radius 2 is 1.62 bits per heavy atom. The molecule has 0 bridgehead atoms. The molecule has 0 aromatic heterocycles. The highest BCUT2D eigenvalue weighted by Crippen LogP contribution is 2.37. The van der Waals surface area contributed by atoms with Crippen LogP contribution < -0.4 is 0 Å². The second-order valence-electron chi connectivity index (χ2n) is 3.35. The highest BCUT2D eigenvalue weighted by atomic mass is 32.2. The first-order chi connectivity index (χ1) is 5.46. The van der Waals surface area contributed by atoms with Crippen molar-refractivity contribution in [3.8, 4) is 0 Å². The van der Waals surface area contributed by atoms with Gasteiger partial charge in [0.2, 0.25) is 0 Å². The van der Waals surface area contributed by atoms with Crippen molar-refractivity contribution >= 4 is 10.1 Å². The van der Waals surface area contributed by atoms with Crippen LogP contribution in [0.2, 0.25) is 0 Å². The standard InChI is InChI=1S/C6H11F3O3S/c1-5(2,6(7,8)9)4-12-13(3,10)11/h4H2,1-3H3. The van der Waals surface area contributed by atoms with Crippen molar-refractivity contribution in [3.63, 3.8) is 0 Å². The second kappa shape index (κ2) is 3.45. The van der Waals surface area contributed by atoms with E-state index in [-0.39, 0.29) is 0 Å². The van der Waals surface area contributed by atoms with E-state index >= 15 is 0 Å². The van der Waals surface area contributed by atoms with Crippen molar-refractivity contribution in [2.75, 3.05) is 12.9 Å². The van der Waals surface area contributed by atoms with Crippen LogP contribution in [0.25, 0.3) is 0 Å². The maximum atomic E-state index is 12.1. The van der Waals surface area contributed by atoms with E-state index in [0.717, 1.165) is 13.8 Å². The lowest BCUT2D eigenvalue weighted by molar-refractivity contribution is -0.219. The highest BCUT2D eigenvalue weighted by molar-refractivity contribution is 7.85. The van der Waals surface area contributed by atoms with Gasteiger partial charge in [-0.25, -0.2) is 0 Å². The summed E-state index contributed by atoms with van der Waals surface area (Å²) >= 11 is 0. The summed E-state index contributed by atoms with van der Waals surface area (Å²) < 4.78 is 61.3. The molecule has 0 radical (unpaired) electrons. The molecule has 0 unspecified atom stereocenters. The van der Waals surface area contributed by atoms with E-state index in [9.17, 15) is 21.6 Å². The predicted octanol–water partition coefficient (Wildman–Crippen LogP) is 1.55. The van der Waals surface area contributed by atoms with Gasteiger partial charge in [-0.15, -0.1) is 0 Å². The van der Waals surface area contributed by atoms with Crippen molar-refractivity contribution in [1.29, 1.82) is 0 Å². The Labute approximate surface area is 75.0 Å². The molecule has 0 spiro atoms. The molecule has 0 aliphatic carbocycles. The summed E-state index contributed by atoms with van der Waals surface area (Å²) in [4.78, 5) is 0. The molecular formula is C6H11F3O3S. The minimum Gasteiger partial charge on any atom is -0.269 e. The fraction of sp³-hybridized carbons (Fsp3) is 1.00. The van der Waals surface area contributed by atoms with Gasteiger partial charge in [0, 0.05) is 0 Å². The van der Waals surface area contributed by atoms with Crippen LogP contribution in [0.1, 0.15) is 13.8 Å². The molecule has 0 aromatic carbocycles. The molecular weight excluding hydrogens is 209 g/mol. The molecule has 0 amide bonds. The molecule has 0 N–H and O–H groups in total. The van der Waals surface area contributed by atoms with Crippen molar-refractivity contribution in [2.45, 2.75) is 20.0 Å². The Balaban J connectivity index is 4.38. The minimum atomic E-state index is -4.47. The zero-order chi connectivity index (χ0) is 10.9. The van der Waals surface area contributed by atoms with Crippen molar-refractivity contribution in [3.05, 3.63) is 0 Å². The first kappa shape index (κ1) is 12.7. The molecule has 0 atom stereocenters. The fourth-order valence-corrected chi connectivity index (χ4v) is 0.845. The molecule has 80 valence electrons. The quantitative estimate of drug-likeness (QED) is 0.678. The molecule has 0 saturated heterocycles. The molecule has 0 aliphatic heterocycles. The number of hydrogen-bond donors (Lipinski definition) is 0. The molecule has 0 aromatic rings. The number of alkyl halides is 3. The topological polar surface area (TPSA) is 43.4 Å². The molecule has 0 saturated carbocycles. The molecule has 13 heavy (non-hydrogen) atoms. The zero-order valence-electron chi connectivity index (χ0n) is 7.47. The summed E-state index contributed by atoms with van der Waals surface area (Å²) in [7, 11) is -3.82. The Morgan fingerprint density at radius 3 is 1.85 bits per heavy atom. The average Bonchev–Trinajstić information content (AvgIpc) is 1.79. The average molecular weight is 220 g/mol. The normalized spacial score (nSPS) is 14.6. The molecule has 0 fully saturated rings. The zero-order valence-corrected chi connectivity index (χ0v) is 8.29. The van der Waals surface area contributed by atoms with Gasteiger partial charge in [0.05, 0.1) is 18.3 Å². The van der Waals surface area contributed by atoms with Gasteiger partial charge in [0.25, 0.3) is 10.1 Å². The van der Waals surface area contributed by atoms with E-state index in [1.165, 1.54) is 0 Å². The predicted molar refractivity (Wildman–Crippen MR) is 40.6 cm³/mol. The van der Waals surface area contributed by atoms with E-state index in [1.54, 1.807) is 0 Å². The van der Waals surface area contributed by atoms with E-state index in [0.29, 0.717) is 6.26 Å². The molecule has 0 aliphatic rings. The van der Waals surface area contributed by atoms with Gasteiger partial charge in [-0.1, -0.05) is 0 Å². The third-order valence-corrected chi connectivity index (χ3v) is 1.95. The molecule has 7 heteroatoms.